The van der Waals surface area contributed by atoms with E-state index >= 15 is 0 Å². The molecule has 0 fully saturated rings. The minimum Gasteiger partial charge on any atom is -0.496 e. The Morgan fingerprint density at radius 3 is 2.44 bits per heavy atom. The first kappa shape index (κ1) is 20.2. The van der Waals surface area contributed by atoms with Crippen LogP contribution in [0.15, 0.2) is 42.5 Å². The molecule has 0 saturated carbocycles. The number of non-ortho nitro benzene ring substituents is 1. The maximum Gasteiger partial charge on any atom is 0.342 e. The van der Waals surface area contributed by atoms with Gasteiger partial charge in [0.2, 0.25) is 0 Å². The average Bonchev–Trinajstić information content (AvgIpc) is 2.66. The van der Waals surface area contributed by atoms with Gasteiger partial charge in [0.25, 0.3) is 11.6 Å². The number of methoxy groups -OCH3 is 1. The number of hydrogen-bond acceptors (Lipinski definition) is 6. The van der Waals surface area contributed by atoms with E-state index in [9.17, 15) is 19.7 Å². The summed E-state index contributed by atoms with van der Waals surface area (Å²) in [5, 5.41) is 11.5. The molecule has 0 saturated heterocycles. The smallest absolute Gasteiger partial charge is 0.342 e. The zero-order chi connectivity index (χ0) is 20.0. The maximum absolute atomic E-state index is 12.2. The lowest BCUT2D eigenvalue weighted by Crippen LogP contribution is -2.30. The first-order valence-corrected chi connectivity index (χ1v) is 8.17. The van der Waals surface area contributed by atoms with Crippen LogP contribution in [0.25, 0.3) is 0 Å². The Kier molecular flexibility index (Phi) is 6.73. The predicted octanol–water partition coefficient (Wildman–Crippen LogP) is 3.07. The normalized spacial score (nSPS) is 10.2. The Hall–Kier alpha value is -3.13. The van der Waals surface area contributed by atoms with E-state index in [1.807, 2.05) is 0 Å². The SMILES string of the molecule is COc1ccc([N+](=O)[O-])cc1C(=O)OCC(=O)N(C)Cc1ccc(Cl)cc1. The quantitative estimate of drug-likeness (QED) is 0.408. The van der Waals surface area contributed by atoms with Gasteiger partial charge < -0.3 is 14.4 Å². The van der Waals surface area contributed by atoms with Crippen molar-refractivity contribution >= 4 is 29.2 Å². The summed E-state index contributed by atoms with van der Waals surface area (Å²) in [4.78, 5) is 36.0. The van der Waals surface area contributed by atoms with E-state index in [4.69, 9.17) is 21.1 Å². The van der Waals surface area contributed by atoms with Gasteiger partial charge in [-0.15, -0.1) is 0 Å². The number of rotatable bonds is 7. The number of nitro groups is 1. The Labute approximate surface area is 160 Å². The fourth-order valence-corrected chi connectivity index (χ4v) is 2.36. The second kappa shape index (κ2) is 9.00. The molecule has 2 aromatic rings. The van der Waals surface area contributed by atoms with E-state index in [0.717, 1.165) is 11.6 Å². The van der Waals surface area contributed by atoms with Crippen LogP contribution < -0.4 is 4.74 Å². The highest BCUT2D eigenvalue weighted by Crippen LogP contribution is 2.24. The molecule has 0 spiro atoms. The van der Waals surface area contributed by atoms with Crippen molar-refractivity contribution in [1.82, 2.24) is 4.90 Å². The van der Waals surface area contributed by atoms with Crippen LogP contribution in [0.4, 0.5) is 5.69 Å². The fourth-order valence-electron chi connectivity index (χ4n) is 2.24. The van der Waals surface area contributed by atoms with Gasteiger partial charge in [0.05, 0.1) is 12.0 Å². The summed E-state index contributed by atoms with van der Waals surface area (Å²) in [6.45, 7) is -0.192. The van der Waals surface area contributed by atoms with E-state index in [2.05, 4.69) is 0 Å². The summed E-state index contributed by atoms with van der Waals surface area (Å²) in [6, 6.07) is 10.5. The summed E-state index contributed by atoms with van der Waals surface area (Å²) in [7, 11) is 2.89. The zero-order valence-corrected chi connectivity index (χ0v) is 15.4. The Morgan fingerprint density at radius 1 is 1.19 bits per heavy atom. The van der Waals surface area contributed by atoms with Crippen LogP contribution in [0.2, 0.25) is 5.02 Å². The molecule has 2 rings (SSSR count). The molecule has 142 valence electrons. The van der Waals surface area contributed by atoms with Crippen LogP contribution in [-0.2, 0) is 16.1 Å². The minimum absolute atomic E-state index is 0.118. The van der Waals surface area contributed by atoms with Gasteiger partial charge in [0.1, 0.15) is 11.3 Å². The van der Waals surface area contributed by atoms with Crippen LogP contribution in [0.3, 0.4) is 0 Å². The molecule has 0 unspecified atom stereocenters. The predicted molar refractivity (Wildman–Crippen MR) is 97.9 cm³/mol. The topological polar surface area (TPSA) is 99.0 Å². The highest BCUT2D eigenvalue weighted by molar-refractivity contribution is 6.30. The number of carbonyl (C=O) groups excluding carboxylic acids is 2. The molecule has 0 atom stereocenters. The summed E-state index contributed by atoms with van der Waals surface area (Å²) < 4.78 is 10.0. The van der Waals surface area contributed by atoms with Gasteiger partial charge in [0.15, 0.2) is 6.61 Å². The zero-order valence-electron chi connectivity index (χ0n) is 14.7. The van der Waals surface area contributed by atoms with Crippen molar-refractivity contribution in [2.24, 2.45) is 0 Å². The van der Waals surface area contributed by atoms with E-state index in [0.29, 0.717) is 11.6 Å². The van der Waals surface area contributed by atoms with Crippen molar-refractivity contribution < 1.29 is 24.0 Å². The number of ether oxygens (including phenoxy) is 2. The lowest BCUT2D eigenvalue weighted by Gasteiger charge is -2.17. The van der Waals surface area contributed by atoms with Crippen molar-refractivity contribution in [1.29, 1.82) is 0 Å². The van der Waals surface area contributed by atoms with E-state index in [1.54, 1.807) is 31.3 Å². The number of nitrogens with zero attached hydrogens (tertiary/aromatic N) is 2. The van der Waals surface area contributed by atoms with E-state index in [-0.39, 0.29) is 17.0 Å². The lowest BCUT2D eigenvalue weighted by atomic mass is 10.2. The van der Waals surface area contributed by atoms with Crippen LogP contribution in [0, 0.1) is 10.1 Å². The number of amides is 1. The third-order valence-corrected chi connectivity index (χ3v) is 3.95. The number of likely N-dealkylation sites (N-methyl/N-ethyl adjacent to an activating group) is 1. The lowest BCUT2D eigenvalue weighted by molar-refractivity contribution is -0.384. The van der Waals surface area contributed by atoms with E-state index in [1.165, 1.54) is 24.1 Å². The molecule has 0 bridgehead atoms. The molecular weight excluding hydrogens is 376 g/mol. The molecule has 0 aromatic heterocycles. The number of halogens is 1. The van der Waals surface area contributed by atoms with Gasteiger partial charge in [-0.25, -0.2) is 4.79 Å². The fraction of sp³-hybridized carbons (Fsp3) is 0.222. The van der Waals surface area contributed by atoms with Crippen LogP contribution >= 0.6 is 11.6 Å². The van der Waals surface area contributed by atoms with E-state index < -0.39 is 23.4 Å². The van der Waals surface area contributed by atoms with Crippen molar-refractivity contribution in [3.63, 3.8) is 0 Å². The first-order chi connectivity index (χ1) is 12.8. The maximum atomic E-state index is 12.2. The molecule has 27 heavy (non-hydrogen) atoms. The molecule has 0 radical (unpaired) electrons. The molecule has 0 aliphatic rings. The van der Waals surface area contributed by atoms with Crippen LogP contribution in [0.5, 0.6) is 5.75 Å². The third-order valence-electron chi connectivity index (χ3n) is 3.70. The van der Waals surface area contributed by atoms with Crippen LogP contribution in [0.1, 0.15) is 15.9 Å². The number of hydrogen-bond donors (Lipinski definition) is 0. The summed E-state index contributed by atoms with van der Waals surface area (Å²) in [6.07, 6.45) is 0. The Bertz CT molecular complexity index is 853. The highest BCUT2D eigenvalue weighted by atomic mass is 35.5. The average molecular weight is 393 g/mol. The van der Waals surface area contributed by atoms with Gasteiger partial charge in [0, 0.05) is 30.7 Å². The molecule has 0 N–H and O–H groups in total. The molecule has 2 aromatic carbocycles. The van der Waals surface area contributed by atoms with Crippen molar-refractivity contribution in [2.45, 2.75) is 6.54 Å². The molecular formula is C18H17ClN2O6. The molecule has 1 amide bonds. The first-order valence-electron chi connectivity index (χ1n) is 7.79. The summed E-state index contributed by atoms with van der Waals surface area (Å²) in [5.41, 5.74) is 0.454. The monoisotopic (exact) mass is 392 g/mol. The van der Waals surface area contributed by atoms with Crippen molar-refractivity contribution in [3.05, 3.63) is 68.7 Å². The van der Waals surface area contributed by atoms with Crippen LogP contribution in [-0.4, -0.2) is 42.5 Å². The van der Waals surface area contributed by atoms with Gasteiger partial charge >= 0.3 is 5.97 Å². The third kappa shape index (κ3) is 5.42. The number of carbonyl (C=O) groups is 2. The second-order valence-electron chi connectivity index (χ2n) is 5.59. The molecule has 0 aliphatic heterocycles. The summed E-state index contributed by atoms with van der Waals surface area (Å²) in [5.74, 6) is -1.20. The van der Waals surface area contributed by atoms with Gasteiger partial charge in [-0.1, -0.05) is 23.7 Å². The molecule has 8 nitrogen and oxygen atoms in total. The standard InChI is InChI=1S/C18H17ClN2O6/c1-20(10-12-3-5-13(19)6-4-12)17(22)11-27-18(23)15-9-14(21(24)25)7-8-16(15)26-2/h3-9H,10-11H2,1-2H3. The van der Waals surface area contributed by atoms with Crippen molar-refractivity contribution in [3.8, 4) is 5.75 Å². The Balaban J connectivity index is 1.99. The minimum atomic E-state index is -0.885. The second-order valence-corrected chi connectivity index (χ2v) is 6.03. The number of benzene rings is 2. The summed E-state index contributed by atoms with van der Waals surface area (Å²) >= 11 is 5.82. The largest absolute Gasteiger partial charge is 0.496 e. The highest BCUT2D eigenvalue weighted by Gasteiger charge is 2.20. The molecule has 9 heteroatoms. The number of esters is 1. The van der Waals surface area contributed by atoms with Crippen molar-refractivity contribution in [2.75, 3.05) is 20.8 Å². The molecule has 0 aliphatic carbocycles. The Morgan fingerprint density at radius 2 is 1.85 bits per heavy atom. The van der Waals surface area contributed by atoms with Gasteiger partial charge in [-0.05, 0) is 23.8 Å². The van der Waals surface area contributed by atoms with Gasteiger partial charge in [-0.3, -0.25) is 14.9 Å². The molecule has 0 heterocycles. The number of nitro benzene ring substituents is 1. The van der Waals surface area contributed by atoms with Gasteiger partial charge in [-0.2, -0.15) is 0 Å².